The van der Waals surface area contributed by atoms with E-state index in [9.17, 15) is 0 Å². The lowest BCUT2D eigenvalue weighted by Gasteiger charge is -2.30. The van der Waals surface area contributed by atoms with Crippen LogP contribution in [0.5, 0.6) is 0 Å². The van der Waals surface area contributed by atoms with Crippen molar-refractivity contribution in [2.75, 3.05) is 6.54 Å². The molecule has 3 rings (SSSR count). The molecule has 0 amide bonds. The van der Waals surface area contributed by atoms with Crippen molar-refractivity contribution >= 4 is 0 Å². The van der Waals surface area contributed by atoms with Gasteiger partial charge < -0.3 is 5.32 Å². The Bertz CT molecular complexity index is 284. The third kappa shape index (κ3) is 2.59. The molecule has 2 fully saturated rings. The third-order valence-electron chi connectivity index (χ3n) is 5.09. The van der Waals surface area contributed by atoms with Crippen LogP contribution in [0, 0.1) is 17.8 Å². The van der Waals surface area contributed by atoms with Crippen molar-refractivity contribution in [2.24, 2.45) is 17.8 Å². The van der Waals surface area contributed by atoms with E-state index in [0.29, 0.717) is 0 Å². The van der Waals surface area contributed by atoms with Crippen LogP contribution in [0.2, 0.25) is 0 Å². The van der Waals surface area contributed by atoms with Crippen LogP contribution in [0.3, 0.4) is 0 Å². The van der Waals surface area contributed by atoms with Crippen LogP contribution in [-0.4, -0.2) is 12.6 Å². The summed E-state index contributed by atoms with van der Waals surface area (Å²) in [6, 6.07) is 0.739. The van der Waals surface area contributed by atoms with Crippen molar-refractivity contribution in [2.45, 2.75) is 64.3 Å². The zero-order chi connectivity index (χ0) is 11.7. The molecule has 3 atom stereocenters. The second-order valence-corrected chi connectivity index (χ2v) is 6.44. The van der Waals surface area contributed by atoms with E-state index < -0.39 is 0 Å². The molecule has 2 saturated carbocycles. The van der Waals surface area contributed by atoms with Gasteiger partial charge in [-0.15, -0.1) is 0 Å². The Labute approximate surface area is 106 Å². The van der Waals surface area contributed by atoms with E-state index in [2.05, 4.69) is 18.3 Å². The summed E-state index contributed by atoms with van der Waals surface area (Å²) < 4.78 is 0. The minimum Gasteiger partial charge on any atom is -0.310 e. The molecule has 3 unspecified atom stereocenters. The minimum absolute atomic E-state index is 0.739. The van der Waals surface area contributed by atoms with Crippen LogP contribution in [0.1, 0.15) is 58.3 Å². The van der Waals surface area contributed by atoms with E-state index in [1.165, 1.54) is 51.5 Å². The monoisotopic (exact) mass is 233 g/mol. The lowest BCUT2D eigenvalue weighted by molar-refractivity contribution is 0.358. The molecule has 1 N–H and O–H groups in total. The highest BCUT2D eigenvalue weighted by Gasteiger charge is 2.48. The first kappa shape index (κ1) is 11.8. The molecule has 3 aliphatic carbocycles. The lowest BCUT2D eigenvalue weighted by atomic mass is 9.84. The Balaban J connectivity index is 1.64. The summed E-state index contributed by atoms with van der Waals surface area (Å²) in [5.74, 6) is 3.21. The predicted molar refractivity (Wildman–Crippen MR) is 73.0 cm³/mol. The molecule has 96 valence electrons. The SMILES string of the molecule is CCCNC(C1=CCCCC1)C1CC2CC2C1. The first-order valence-corrected chi connectivity index (χ1v) is 7.80. The molecule has 0 aromatic carbocycles. The fraction of sp³-hybridized carbons (Fsp3) is 0.875. The molecule has 1 nitrogen and oxygen atoms in total. The summed E-state index contributed by atoms with van der Waals surface area (Å²) in [5.41, 5.74) is 1.76. The molecule has 0 bridgehead atoms. The van der Waals surface area contributed by atoms with Gasteiger partial charge in [-0.05, 0) is 75.7 Å². The van der Waals surface area contributed by atoms with Crippen LogP contribution in [-0.2, 0) is 0 Å². The van der Waals surface area contributed by atoms with Gasteiger partial charge in [0.15, 0.2) is 0 Å². The minimum atomic E-state index is 0.739. The highest BCUT2D eigenvalue weighted by molar-refractivity contribution is 5.17. The first-order valence-electron chi connectivity index (χ1n) is 7.80. The predicted octanol–water partition coefficient (Wildman–Crippen LogP) is 3.90. The Kier molecular flexibility index (Phi) is 3.56. The van der Waals surface area contributed by atoms with Crippen LogP contribution in [0.15, 0.2) is 11.6 Å². The maximum Gasteiger partial charge on any atom is 0.0308 e. The van der Waals surface area contributed by atoms with Gasteiger partial charge in [-0.25, -0.2) is 0 Å². The van der Waals surface area contributed by atoms with Crippen molar-refractivity contribution < 1.29 is 0 Å². The normalized spacial score (nSPS) is 37.5. The molecule has 3 aliphatic rings. The maximum atomic E-state index is 3.85. The fourth-order valence-electron chi connectivity index (χ4n) is 4.08. The van der Waals surface area contributed by atoms with Gasteiger partial charge in [0, 0.05) is 6.04 Å². The zero-order valence-electron chi connectivity index (χ0n) is 11.3. The van der Waals surface area contributed by atoms with Crippen LogP contribution in [0.4, 0.5) is 0 Å². The largest absolute Gasteiger partial charge is 0.310 e. The summed E-state index contributed by atoms with van der Waals surface area (Å²) in [5, 5.41) is 3.85. The Hall–Kier alpha value is -0.300. The van der Waals surface area contributed by atoms with E-state index in [1.54, 1.807) is 12.0 Å². The van der Waals surface area contributed by atoms with Crippen molar-refractivity contribution in [1.29, 1.82) is 0 Å². The number of hydrogen-bond donors (Lipinski definition) is 1. The number of fused-ring (bicyclic) bond motifs is 1. The van der Waals surface area contributed by atoms with E-state index in [0.717, 1.165) is 23.8 Å². The molecule has 1 heteroatoms. The van der Waals surface area contributed by atoms with E-state index >= 15 is 0 Å². The highest BCUT2D eigenvalue weighted by Crippen LogP contribution is 2.55. The van der Waals surface area contributed by atoms with Gasteiger partial charge in [0.2, 0.25) is 0 Å². The fourth-order valence-corrected chi connectivity index (χ4v) is 4.08. The van der Waals surface area contributed by atoms with Gasteiger partial charge in [-0.2, -0.15) is 0 Å². The second-order valence-electron chi connectivity index (χ2n) is 6.44. The van der Waals surface area contributed by atoms with Crippen molar-refractivity contribution in [3.8, 4) is 0 Å². The van der Waals surface area contributed by atoms with Crippen LogP contribution in [0.25, 0.3) is 0 Å². The summed E-state index contributed by atoms with van der Waals surface area (Å²) >= 11 is 0. The van der Waals surface area contributed by atoms with Crippen LogP contribution >= 0.6 is 0 Å². The van der Waals surface area contributed by atoms with Crippen LogP contribution < -0.4 is 5.32 Å². The Morgan fingerprint density at radius 2 is 2.06 bits per heavy atom. The molecule has 0 saturated heterocycles. The Morgan fingerprint density at radius 1 is 1.24 bits per heavy atom. The summed E-state index contributed by atoms with van der Waals surface area (Å²) in [6.07, 6.45) is 14.0. The molecule has 0 aliphatic heterocycles. The first-order chi connectivity index (χ1) is 8.38. The maximum absolute atomic E-state index is 3.85. The molecule has 17 heavy (non-hydrogen) atoms. The Morgan fingerprint density at radius 3 is 2.71 bits per heavy atom. The van der Waals surface area contributed by atoms with Crippen molar-refractivity contribution in [1.82, 2.24) is 5.32 Å². The molecule has 0 heterocycles. The standard InChI is InChI=1S/C16H27N/c1-2-8-17-16(12-6-4-3-5-7-12)15-10-13-9-14(13)11-15/h6,13-17H,2-5,7-11H2,1H3. The average molecular weight is 233 g/mol. The van der Waals surface area contributed by atoms with Gasteiger partial charge in [-0.3, -0.25) is 0 Å². The topological polar surface area (TPSA) is 12.0 Å². The third-order valence-corrected chi connectivity index (χ3v) is 5.09. The van der Waals surface area contributed by atoms with Gasteiger partial charge in [0.25, 0.3) is 0 Å². The number of rotatable bonds is 5. The molecule has 0 aromatic rings. The van der Waals surface area contributed by atoms with Gasteiger partial charge in [0.05, 0.1) is 0 Å². The summed E-state index contributed by atoms with van der Waals surface area (Å²) in [6.45, 7) is 3.49. The molecular formula is C16H27N. The smallest absolute Gasteiger partial charge is 0.0308 e. The van der Waals surface area contributed by atoms with Gasteiger partial charge >= 0.3 is 0 Å². The number of nitrogens with one attached hydrogen (secondary N) is 1. The van der Waals surface area contributed by atoms with E-state index in [1.807, 2.05) is 0 Å². The van der Waals surface area contributed by atoms with Crippen molar-refractivity contribution in [3.05, 3.63) is 11.6 Å². The highest BCUT2D eigenvalue weighted by atomic mass is 14.9. The number of allylic oxidation sites excluding steroid dienone is 1. The summed E-state index contributed by atoms with van der Waals surface area (Å²) in [4.78, 5) is 0. The molecular weight excluding hydrogens is 206 g/mol. The lowest BCUT2D eigenvalue weighted by Crippen LogP contribution is -2.38. The van der Waals surface area contributed by atoms with Crippen molar-refractivity contribution in [3.63, 3.8) is 0 Å². The number of hydrogen-bond acceptors (Lipinski definition) is 1. The van der Waals surface area contributed by atoms with Gasteiger partial charge in [0.1, 0.15) is 0 Å². The average Bonchev–Trinajstić information content (AvgIpc) is 2.98. The van der Waals surface area contributed by atoms with E-state index in [-0.39, 0.29) is 0 Å². The molecule has 0 radical (unpaired) electrons. The zero-order valence-corrected chi connectivity index (χ0v) is 11.3. The second kappa shape index (κ2) is 5.14. The summed E-state index contributed by atoms with van der Waals surface area (Å²) in [7, 11) is 0. The quantitative estimate of drug-likeness (QED) is 0.710. The molecule has 0 spiro atoms. The van der Waals surface area contributed by atoms with E-state index in [4.69, 9.17) is 0 Å². The molecule has 0 aromatic heterocycles. The van der Waals surface area contributed by atoms with Gasteiger partial charge in [-0.1, -0.05) is 18.6 Å².